The molecular weight excluding hydrogens is 388 g/mol. The molecule has 0 aliphatic rings. The molecule has 0 atom stereocenters. The van der Waals surface area contributed by atoms with Gasteiger partial charge in [-0.15, -0.1) is 11.3 Å². The molecule has 4 rings (SSSR count). The number of rotatable bonds is 5. The van der Waals surface area contributed by atoms with Gasteiger partial charge in [-0.1, -0.05) is 78.3 Å². The number of benzene rings is 3. The fourth-order valence-corrected chi connectivity index (χ4v) is 3.74. The highest BCUT2D eigenvalue weighted by molar-refractivity contribution is 7.14. The first kappa shape index (κ1) is 18.4. The van der Waals surface area contributed by atoms with Crippen LogP contribution in [0.1, 0.15) is 5.56 Å². The van der Waals surface area contributed by atoms with E-state index in [4.69, 9.17) is 11.6 Å². The van der Waals surface area contributed by atoms with E-state index in [0.29, 0.717) is 16.6 Å². The number of amides is 1. The van der Waals surface area contributed by atoms with Crippen LogP contribution in [-0.2, 0) is 11.2 Å². The largest absolute Gasteiger partial charge is 0.302 e. The Morgan fingerprint density at radius 1 is 0.857 bits per heavy atom. The zero-order valence-electron chi connectivity index (χ0n) is 14.9. The van der Waals surface area contributed by atoms with Gasteiger partial charge in [0.2, 0.25) is 5.91 Å². The normalized spacial score (nSPS) is 10.6. The van der Waals surface area contributed by atoms with Crippen molar-refractivity contribution in [2.45, 2.75) is 6.42 Å². The lowest BCUT2D eigenvalue weighted by atomic mass is 10.0. The number of carbonyl (C=O) groups is 1. The molecule has 5 heteroatoms. The quantitative estimate of drug-likeness (QED) is 0.423. The Balaban J connectivity index is 1.39. The van der Waals surface area contributed by atoms with Crippen molar-refractivity contribution in [2.24, 2.45) is 0 Å². The Morgan fingerprint density at radius 2 is 1.50 bits per heavy atom. The van der Waals surface area contributed by atoms with E-state index >= 15 is 0 Å². The van der Waals surface area contributed by atoms with Crippen LogP contribution in [0, 0.1) is 0 Å². The summed E-state index contributed by atoms with van der Waals surface area (Å²) < 4.78 is 0. The maximum Gasteiger partial charge on any atom is 0.230 e. The van der Waals surface area contributed by atoms with Crippen molar-refractivity contribution in [1.82, 2.24) is 4.98 Å². The highest BCUT2D eigenvalue weighted by atomic mass is 35.5. The molecule has 0 radical (unpaired) electrons. The molecule has 3 nitrogen and oxygen atoms in total. The van der Waals surface area contributed by atoms with Gasteiger partial charge >= 0.3 is 0 Å². The Kier molecular flexibility index (Phi) is 5.51. The molecule has 4 aromatic rings. The highest BCUT2D eigenvalue weighted by Crippen LogP contribution is 2.26. The lowest BCUT2D eigenvalue weighted by Gasteiger charge is -2.05. The van der Waals surface area contributed by atoms with Crippen LogP contribution in [0.3, 0.4) is 0 Å². The topological polar surface area (TPSA) is 42.0 Å². The summed E-state index contributed by atoms with van der Waals surface area (Å²) >= 11 is 7.33. The molecule has 1 N–H and O–H groups in total. The van der Waals surface area contributed by atoms with Crippen LogP contribution >= 0.6 is 22.9 Å². The summed E-state index contributed by atoms with van der Waals surface area (Å²) in [5.74, 6) is -0.0792. The third kappa shape index (κ3) is 4.47. The summed E-state index contributed by atoms with van der Waals surface area (Å²) in [4.78, 5) is 16.9. The van der Waals surface area contributed by atoms with Gasteiger partial charge in [-0.2, -0.15) is 0 Å². The summed E-state index contributed by atoms with van der Waals surface area (Å²) in [6.45, 7) is 0. The second-order valence-electron chi connectivity index (χ2n) is 6.33. The minimum Gasteiger partial charge on any atom is -0.302 e. The third-order valence-electron chi connectivity index (χ3n) is 4.32. The number of halogens is 1. The first-order valence-electron chi connectivity index (χ1n) is 8.83. The van der Waals surface area contributed by atoms with Gasteiger partial charge in [0.25, 0.3) is 0 Å². The fourth-order valence-electron chi connectivity index (χ4n) is 2.88. The number of hydrogen-bond donors (Lipinski definition) is 1. The first-order valence-corrected chi connectivity index (χ1v) is 10.1. The van der Waals surface area contributed by atoms with Crippen molar-refractivity contribution in [3.05, 3.63) is 94.8 Å². The van der Waals surface area contributed by atoms with E-state index in [-0.39, 0.29) is 5.91 Å². The summed E-state index contributed by atoms with van der Waals surface area (Å²) in [6, 6.07) is 25.7. The Morgan fingerprint density at radius 3 is 2.21 bits per heavy atom. The molecule has 0 saturated carbocycles. The second-order valence-corrected chi connectivity index (χ2v) is 7.63. The summed E-state index contributed by atoms with van der Waals surface area (Å²) in [7, 11) is 0. The zero-order valence-corrected chi connectivity index (χ0v) is 16.5. The van der Waals surface area contributed by atoms with Crippen molar-refractivity contribution in [3.63, 3.8) is 0 Å². The van der Waals surface area contributed by atoms with E-state index in [2.05, 4.69) is 22.4 Å². The number of nitrogens with one attached hydrogen (secondary N) is 1. The third-order valence-corrected chi connectivity index (χ3v) is 5.33. The summed E-state index contributed by atoms with van der Waals surface area (Å²) in [6.07, 6.45) is 0.310. The molecule has 0 fully saturated rings. The monoisotopic (exact) mass is 404 g/mol. The van der Waals surface area contributed by atoms with Crippen LogP contribution in [0.25, 0.3) is 22.4 Å². The van der Waals surface area contributed by atoms with E-state index in [1.807, 2.05) is 72.1 Å². The number of nitrogens with zero attached hydrogens (tertiary/aromatic N) is 1. The highest BCUT2D eigenvalue weighted by Gasteiger charge is 2.09. The standard InChI is InChI=1S/C23H17ClN2OS/c24-20-12-10-19(11-13-20)21-15-28-23(25-21)26-22(27)14-16-6-8-18(9-7-16)17-4-2-1-3-5-17/h1-13,15H,14H2,(H,25,26,27). The van der Waals surface area contributed by atoms with Crippen LogP contribution in [-0.4, -0.2) is 10.9 Å². The Labute approximate surface area is 172 Å². The molecule has 1 amide bonds. The lowest BCUT2D eigenvalue weighted by Crippen LogP contribution is -2.14. The average Bonchev–Trinajstić information content (AvgIpc) is 3.18. The predicted octanol–water partition coefficient (Wildman–Crippen LogP) is 6.31. The van der Waals surface area contributed by atoms with Gasteiger partial charge < -0.3 is 5.32 Å². The van der Waals surface area contributed by atoms with E-state index in [1.165, 1.54) is 11.3 Å². The van der Waals surface area contributed by atoms with Gasteiger partial charge in [0, 0.05) is 16.0 Å². The zero-order chi connectivity index (χ0) is 19.3. The maximum absolute atomic E-state index is 12.4. The van der Waals surface area contributed by atoms with E-state index in [0.717, 1.165) is 27.9 Å². The molecule has 0 saturated heterocycles. The van der Waals surface area contributed by atoms with Crippen LogP contribution in [0.5, 0.6) is 0 Å². The SMILES string of the molecule is O=C(Cc1ccc(-c2ccccc2)cc1)Nc1nc(-c2ccc(Cl)cc2)cs1. The minimum absolute atomic E-state index is 0.0792. The van der Waals surface area contributed by atoms with Crippen LogP contribution in [0.2, 0.25) is 5.02 Å². The first-order chi connectivity index (χ1) is 13.7. The molecule has 28 heavy (non-hydrogen) atoms. The smallest absolute Gasteiger partial charge is 0.230 e. The molecule has 1 aromatic heterocycles. The number of hydrogen-bond acceptors (Lipinski definition) is 3. The van der Waals surface area contributed by atoms with Crippen LogP contribution in [0.4, 0.5) is 5.13 Å². The maximum atomic E-state index is 12.4. The van der Waals surface area contributed by atoms with Crippen molar-refractivity contribution < 1.29 is 4.79 Å². The summed E-state index contributed by atoms with van der Waals surface area (Å²) in [5.41, 5.74) is 5.06. The molecule has 0 unspecified atom stereocenters. The van der Waals surface area contributed by atoms with Crippen molar-refractivity contribution >= 4 is 34.0 Å². The summed E-state index contributed by atoms with van der Waals surface area (Å²) in [5, 5.41) is 6.08. The Hall–Kier alpha value is -2.95. The molecular formula is C23H17ClN2OS. The van der Waals surface area contributed by atoms with Gasteiger partial charge in [-0.3, -0.25) is 4.79 Å². The van der Waals surface area contributed by atoms with Gasteiger partial charge in [-0.25, -0.2) is 4.98 Å². The van der Waals surface area contributed by atoms with Gasteiger partial charge in [0.1, 0.15) is 0 Å². The van der Waals surface area contributed by atoms with Crippen molar-refractivity contribution in [3.8, 4) is 22.4 Å². The number of anilines is 1. The molecule has 0 bridgehead atoms. The number of thiazole rings is 1. The number of aromatic nitrogens is 1. The van der Waals surface area contributed by atoms with Crippen LogP contribution in [0.15, 0.2) is 84.2 Å². The molecule has 0 aliphatic carbocycles. The molecule has 3 aromatic carbocycles. The lowest BCUT2D eigenvalue weighted by molar-refractivity contribution is -0.115. The average molecular weight is 405 g/mol. The van der Waals surface area contributed by atoms with Crippen molar-refractivity contribution in [2.75, 3.05) is 5.32 Å². The van der Waals surface area contributed by atoms with E-state index < -0.39 is 0 Å². The molecule has 138 valence electrons. The predicted molar refractivity (Wildman–Crippen MR) is 117 cm³/mol. The van der Waals surface area contributed by atoms with Gasteiger partial charge in [0.05, 0.1) is 12.1 Å². The van der Waals surface area contributed by atoms with E-state index in [9.17, 15) is 4.79 Å². The number of carbonyl (C=O) groups excluding carboxylic acids is 1. The van der Waals surface area contributed by atoms with Gasteiger partial charge in [0.15, 0.2) is 5.13 Å². The minimum atomic E-state index is -0.0792. The van der Waals surface area contributed by atoms with Crippen molar-refractivity contribution in [1.29, 1.82) is 0 Å². The molecule has 1 heterocycles. The molecule has 0 spiro atoms. The Bertz CT molecular complexity index is 1070. The molecule has 0 aliphatic heterocycles. The fraction of sp³-hybridized carbons (Fsp3) is 0.0435. The van der Waals surface area contributed by atoms with E-state index in [1.54, 1.807) is 0 Å². The van der Waals surface area contributed by atoms with Crippen LogP contribution < -0.4 is 5.32 Å². The van der Waals surface area contributed by atoms with Gasteiger partial charge in [-0.05, 0) is 28.8 Å². The second kappa shape index (κ2) is 8.38.